The van der Waals surface area contributed by atoms with E-state index >= 15 is 0 Å². The van der Waals surface area contributed by atoms with Crippen LogP contribution in [0.1, 0.15) is 25.3 Å². The first-order valence-corrected chi connectivity index (χ1v) is 8.28. The van der Waals surface area contributed by atoms with Gasteiger partial charge in [0, 0.05) is 17.5 Å². The molecule has 0 radical (unpaired) electrons. The lowest BCUT2D eigenvalue weighted by Gasteiger charge is -2.14. The highest BCUT2D eigenvalue weighted by atomic mass is 32.2. The Hall–Kier alpha value is -1.69. The van der Waals surface area contributed by atoms with Crippen molar-refractivity contribution in [3.63, 3.8) is 0 Å². The van der Waals surface area contributed by atoms with Gasteiger partial charge in [-0.25, -0.2) is 4.79 Å². The molecule has 1 atom stereocenters. The highest BCUT2D eigenvalue weighted by Crippen LogP contribution is 2.48. The first kappa shape index (κ1) is 15.7. The Morgan fingerprint density at radius 2 is 1.95 bits per heavy atom. The van der Waals surface area contributed by atoms with Crippen LogP contribution in [-0.2, 0) is 10.2 Å². The van der Waals surface area contributed by atoms with E-state index in [4.69, 9.17) is 0 Å². The molecule has 3 N–H and O–H groups in total. The predicted molar refractivity (Wildman–Crippen MR) is 85.0 cm³/mol. The third-order valence-electron chi connectivity index (χ3n) is 3.65. The van der Waals surface area contributed by atoms with Crippen molar-refractivity contribution in [1.29, 1.82) is 0 Å². The maximum absolute atomic E-state index is 11.8. The Morgan fingerprint density at radius 3 is 2.43 bits per heavy atom. The molecule has 1 aromatic rings. The zero-order chi connectivity index (χ0) is 15.5. The summed E-state index contributed by atoms with van der Waals surface area (Å²) in [4.78, 5) is 23.0. The number of nitrogens with one attached hydrogen (secondary N) is 2. The van der Waals surface area contributed by atoms with E-state index in [1.165, 1.54) is 0 Å². The summed E-state index contributed by atoms with van der Waals surface area (Å²) in [6.45, 7) is 1.95. The van der Waals surface area contributed by atoms with E-state index in [0.29, 0.717) is 18.5 Å². The van der Waals surface area contributed by atoms with Gasteiger partial charge in [-0.3, -0.25) is 4.79 Å². The Labute approximate surface area is 128 Å². The smallest absolute Gasteiger partial charge is 0.319 e. The molecule has 6 heteroatoms. The third kappa shape index (κ3) is 3.69. The normalized spacial score (nSPS) is 16.9. The van der Waals surface area contributed by atoms with Gasteiger partial charge < -0.3 is 15.7 Å². The van der Waals surface area contributed by atoms with Crippen LogP contribution >= 0.6 is 11.8 Å². The Balaban J connectivity index is 1.94. The van der Waals surface area contributed by atoms with E-state index in [-0.39, 0.29) is 12.1 Å². The Morgan fingerprint density at radius 1 is 1.33 bits per heavy atom. The molecule has 1 aliphatic carbocycles. The van der Waals surface area contributed by atoms with Crippen LogP contribution in [0.5, 0.6) is 0 Å². The van der Waals surface area contributed by atoms with Crippen molar-refractivity contribution in [3.8, 4) is 0 Å². The second-order valence-electron chi connectivity index (χ2n) is 5.42. The third-order valence-corrected chi connectivity index (χ3v) is 4.48. The number of aliphatic carboxylic acids is 1. The second-order valence-corrected chi connectivity index (χ2v) is 6.33. The van der Waals surface area contributed by atoms with Gasteiger partial charge in [0.25, 0.3) is 0 Å². The number of hydrogen-bond donors (Lipinski definition) is 3. The lowest BCUT2D eigenvalue weighted by Crippen LogP contribution is -2.37. The van der Waals surface area contributed by atoms with Crippen LogP contribution in [0.4, 0.5) is 10.5 Å². The van der Waals surface area contributed by atoms with Crippen molar-refractivity contribution in [1.82, 2.24) is 5.32 Å². The van der Waals surface area contributed by atoms with E-state index < -0.39 is 11.4 Å². The first-order valence-electron chi connectivity index (χ1n) is 6.88. The number of rotatable bonds is 6. The summed E-state index contributed by atoms with van der Waals surface area (Å²) in [5.74, 6) is 0.0832. The average Bonchev–Trinajstić information content (AvgIpc) is 3.21. The van der Waals surface area contributed by atoms with Crippen molar-refractivity contribution in [2.24, 2.45) is 0 Å². The van der Waals surface area contributed by atoms with Crippen molar-refractivity contribution in [2.45, 2.75) is 31.2 Å². The maximum Gasteiger partial charge on any atom is 0.319 e. The Bertz CT molecular complexity index is 526. The van der Waals surface area contributed by atoms with Gasteiger partial charge in [0.05, 0.1) is 5.41 Å². The van der Waals surface area contributed by atoms with E-state index in [1.54, 1.807) is 36.0 Å². The minimum absolute atomic E-state index is 0.0982. The topological polar surface area (TPSA) is 78.4 Å². The number of carboxylic acid groups (broad SMARTS) is 1. The van der Waals surface area contributed by atoms with Gasteiger partial charge in [-0.2, -0.15) is 11.8 Å². The zero-order valence-electron chi connectivity index (χ0n) is 12.2. The van der Waals surface area contributed by atoms with Crippen LogP contribution in [0.2, 0.25) is 0 Å². The zero-order valence-corrected chi connectivity index (χ0v) is 13.0. The maximum atomic E-state index is 11.8. The van der Waals surface area contributed by atoms with Crippen molar-refractivity contribution >= 4 is 29.4 Å². The van der Waals surface area contributed by atoms with Crippen LogP contribution in [-0.4, -0.2) is 35.2 Å². The van der Waals surface area contributed by atoms with Crippen LogP contribution in [0.3, 0.4) is 0 Å². The highest BCUT2D eigenvalue weighted by molar-refractivity contribution is 7.98. The van der Waals surface area contributed by atoms with Crippen molar-refractivity contribution in [2.75, 3.05) is 17.3 Å². The van der Waals surface area contributed by atoms with Gasteiger partial charge >= 0.3 is 12.0 Å². The predicted octanol–water partition coefficient (Wildman–Crippen LogP) is 2.68. The summed E-state index contributed by atoms with van der Waals surface area (Å²) in [5.41, 5.74) is 0.763. The summed E-state index contributed by atoms with van der Waals surface area (Å²) in [7, 11) is 0. The van der Waals surface area contributed by atoms with Gasteiger partial charge in [0.2, 0.25) is 0 Å². The molecule has 0 aromatic heterocycles. The number of urea groups is 1. The molecule has 0 saturated heterocycles. The van der Waals surface area contributed by atoms with Crippen LogP contribution in [0, 0.1) is 0 Å². The number of hydrogen-bond acceptors (Lipinski definition) is 3. The number of carbonyl (C=O) groups excluding carboxylic acids is 1. The van der Waals surface area contributed by atoms with Gasteiger partial charge in [-0.15, -0.1) is 0 Å². The number of thioether (sulfide) groups is 1. The number of benzene rings is 1. The molecule has 1 aliphatic rings. The van der Waals surface area contributed by atoms with Gasteiger partial charge in [-0.1, -0.05) is 12.1 Å². The van der Waals surface area contributed by atoms with E-state index in [0.717, 1.165) is 11.3 Å². The molecule has 0 heterocycles. The minimum atomic E-state index is -0.771. The first-order chi connectivity index (χ1) is 9.98. The highest BCUT2D eigenvalue weighted by Gasteiger charge is 2.51. The van der Waals surface area contributed by atoms with Gasteiger partial charge in [0.1, 0.15) is 0 Å². The summed E-state index contributed by atoms with van der Waals surface area (Å²) in [5, 5.41) is 14.8. The monoisotopic (exact) mass is 308 g/mol. The van der Waals surface area contributed by atoms with Gasteiger partial charge in [0.15, 0.2) is 0 Å². The standard InChI is InChI=1S/C15H20N2O3S/c1-10(9-21-2)16-14(20)17-12-5-3-11(4-6-12)15(7-8-15)13(18)19/h3-6,10H,7-9H2,1-2H3,(H,18,19)(H2,16,17,20). The molecule has 0 bridgehead atoms. The molecule has 1 fully saturated rings. The molecule has 114 valence electrons. The molecule has 2 rings (SSSR count). The van der Waals surface area contributed by atoms with Crippen molar-refractivity contribution in [3.05, 3.63) is 29.8 Å². The largest absolute Gasteiger partial charge is 0.481 e. The average molecular weight is 308 g/mol. The summed E-state index contributed by atoms with van der Waals surface area (Å²) < 4.78 is 0. The lowest BCUT2D eigenvalue weighted by atomic mass is 9.96. The summed E-state index contributed by atoms with van der Waals surface area (Å²) in [6.07, 6.45) is 3.36. The molecule has 2 amide bonds. The number of carboxylic acids is 1. The fraction of sp³-hybridized carbons (Fsp3) is 0.467. The fourth-order valence-corrected chi connectivity index (χ4v) is 2.89. The SMILES string of the molecule is CSCC(C)NC(=O)Nc1ccc(C2(C(=O)O)CC2)cc1. The molecule has 1 unspecified atom stereocenters. The molecule has 1 saturated carbocycles. The molecule has 5 nitrogen and oxygen atoms in total. The number of amides is 2. The summed E-state index contributed by atoms with van der Waals surface area (Å²) >= 11 is 1.67. The molecular weight excluding hydrogens is 288 g/mol. The van der Waals surface area contributed by atoms with Crippen LogP contribution in [0.25, 0.3) is 0 Å². The number of carbonyl (C=O) groups is 2. The molecule has 21 heavy (non-hydrogen) atoms. The van der Waals surface area contributed by atoms with E-state index in [9.17, 15) is 14.7 Å². The van der Waals surface area contributed by atoms with Crippen molar-refractivity contribution < 1.29 is 14.7 Å². The molecule has 0 aliphatic heterocycles. The second kappa shape index (κ2) is 6.39. The molecule has 1 aromatic carbocycles. The number of anilines is 1. The van der Waals surface area contributed by atoms with Gasteiger partial charge in [-0.05, 0) is 43.7 Å². The van der Waals surface area contributed by atoms with Crippen LogP contribution < -0.4 is 10.6 Å². The molecular formula is C15H20N2O3S. The van der Waals surface area contributed by atoms with Crippen LogP contribution in [0.15, 0.2) is 24.3 Å². The summed E-state index contributed by atoms with van der Waals surface area (Å²) in [6, 6.07) is 6.91. The van der Waals surface area contributed by atoms with E-state index in [2.05, 4.69) is 10.6 Å². The fourth-order valence-electron chi connectivity index (χ4n) is 2.31. The lowest BCUT2D eigenvalue weighted by molar-refractivity contribution is -0.140. The Kier molecular flexibility index (Phi) is 4.77. The molecule has 0 spiro atoms. The van der Waals surface area contributed by atoms with E-state index in [1.807, 2.05) is 13.2 Å². The minimum Gasteiger partial charge on any atom is -0.481 e. The quantitative estimate of drug-likeness (QED) is 0.755.